The van der Waals surface area contributed by atoms with Gasteiger partial charge in [0.05, 0.1) is 10.6 Å². The molecule has 3 rings (SSSR count). The third-order valence-corrected chi connectivity index (χ3v) is 4.99. The van der Waals surface area contributed by atoms with Gasteiger partial charge in [-0.05, 0) is 49.7 Å². The van der Waals surface area contributed by atoms with Crippen LogP contribution in [-0.4, -0.2) is 35.0 Å². The van der Waals surface area contributed by atoms with Gasteiger partial charge in [0, 0.05) is 18.2 Å². The van der Waals surface area contributed by atoms with Crippen molar-refractivity contribution in [2.24, 2.45) is 5.92 Å². The summed E-state index contributed by atoms with van der Waals surface area (Å²) in [5.41, 5.74) is 1.83. The van der Waals surface area contributed by atoms with Crippen molar-refractivity contribution in [2.75, 3.05) is 18.4 Å². The smallest absolute Gasteiger partial charge is 0.337 e. The molecule has 0 spiro atoms. The Bertz CT molecular complexity index is 787. The Labute approximate surface area is 157 Å². The van der Waals surface area contributed by atoms with Crippen molar-refractivity contribution in [3.05, 3.63) is 64.7 Å². The van der Waals surface area contributed by atoms with Crippen molar-refractivity contribution < 1.29 is 14.7 Å². The molecule has 1 amide bonds. The topological polar surface area (TPSA) is 69.6 Å². The van der Waals surface area contributed by atoms with Crippen LogP contribution in [0.15, 0.2) is 48.5 Å². The Morgan fingerprint density at radius 2 is 1.81 bits per heavy atom. The number of rotatable bonds is 5. The van der Waals surface area contributed by atoms with Crippen LogP contribution >= 0.6 is 11.6 Å². The number of amides is 1. The molecule has 1 saturated heterocycles. The molecular formula is C20H21ClN2O3. The lowest BCUT2D eigenvalue weighted by atomic mass is 9.95. The van der Waals surface area contributed by atoms with Crippen LogP contribution in [0.2, 0.25) is 5.02 Å². The van der Waals surface area contributed by atoms with E-state index >= 15 is 0 Å². The fourth-order valence-electron chi connectivity index (χ4n) is 3.21. The molecule has 26 heavy (non-hydrogen) atoms. The van der Waals surface area contributed by atoms with Gasteiger partial charge in [0.25, 0.3) is 0 Å². The number of carboxylic acid groups (broad SMARTS) is 1. The van der Waals surface area contributed by atoms with Gasteiger partial charge in [-0.15, -0.1) is 0 Å². The number of benzene rings is 2. The number of carbonyl (C=O) groups excluding carboxylic acids is 1. The molecular weight excluding hydrogens is 352 g/mol. The molecule has 0 saturated carbocycles. The molecule has 136 valence electrons. The van der Waals surface area contributed by atoms with Crippen LogP contribution in [-0.2, 0) is 11.3 Å². The van der Waals surface area contributed by atoms with E-state index in [0.717, 1.165) is 32.5 Å². The largest absolute Gasteiger partial charge is 0.478 e. The van der Waals surface area contributed by atoms with Gasteiger partial charge in [-0.3, -0.25) is 9.69 Å². The zero-order chi connectivity index (χ0) is 18.5. The Balaban J connectivity index is 1.52. The van der Waals surface area contributed by atoms with Gasteiger partial charge in [-0.25, -0.2) is 4.79 Å². The molecule has 0 bridgehead atoms. The van der Waals surface area contributed by atoms with Crippen molar-refractivity contribution >= 4 is 29.2 Å². The molecule has 1 heterocycles. The summed E-state index contributed by atoms with van der Waals surface area (Å²) in [5, 5.41) is 12.0. The standard InChI is InChI=1S/C20H21ClN2O3/c21-18-12-16(6-7-17(18)20(25)26)22-19(24)15-8-10-23(11-9-15)13-14-4-2-1-3-5-14/h1-7,12,15H,8-11,13H2,(H,22,24)(H,25,26). The van der Waals surface area contributed by atoms with E-state index in [4.69, 9.17) is 16.7 Å². The lowest BCUT2D eigenvalue weighted by molar-refractivity contribution is -0.121. The number of aromatic carboxylic acids is 1. The highest BCUT2D eigenvalue weighted by Crippen LogP contribution is 2.24. The second-order valence-electron chi connectivity index (χ2n) is 6.53. The number of halogens is 1. The highest BCUT2D eigenvalue weighted by Gasteiger charge is 2.25. The molecule has 0 radical (unpaired) electrons. The predicted octanol–water partition coefficient (Wildman–Crippen LogP) is 3.89. The minimum Gasteiger partial charge on any atom is -0.478 e. The molecule has 0 unspecified atom stereocenters. The number of piperidine rings is 1. The molecule has 2 aromatic rings. The third kappa shape index (κ3) is 4.62. The van der Waals surface area contributed by atoms with E-state index in [1.54, 1.807) is 6.07 Å². The molecule has 0 aliphatic carbocycles. The average Bonchev–Trinajstić information content (AvgIpc) is 2.63. The first-order valence-corrected chi connectivity index (χ1v) is 9.00. The second kappa shape index (κ2) is 8.34. The summed E-state index contributed by atoms with van der Waals surface area (Å²) in [5.74, 6) is -1.16. The molecule has 5 nitrogen and oxygen atoms in total. The van der Waals surface area contributed by atoms with E-state index in [0.29, 0.717) is 5.69 Å². The molecule has 0 aromatic heterocycles. The normalized spacial score (nSPS) is 15.6. The summed E-state index contributed by atoms with van der Waals surface area (Å²) in [6.07, 6.45) is 1.61. The van der Waals surface area contributed by atoms with E-state index in [2.05, 4.69) is 22.3 Å². The van der Waals surface area contributed by atoms with Crippen molar-refractivity contribution in [2.45, 2.75) is 19.4 Å². The SMILES string of the molecule is O=C(O)c1ccc(NC(=O)C2CCN(Cc3ccccc3)CC2)cc1Cl. The minimum atomic E-state index is -1.08. The van der Waals surface area contributed by atoms with Gasteiger partial charge in [-0.1, -0.05) is 41.9 Å². The van der Waals surface area contributed by atoms with E-state index in [1.807, 2.05) is 18.2 Å². The number of nitrogens with zero attached hydrogens (tertiary/aromatic N) is 1. The number of hydrogen-bond acceptors (Lipinski definition) is 3. The molecule has 1 fully saturated rings. The highest BCUT2D eigenvalue weighted by molar-refractivity contribution is 6.33. The number of carbonyl (C=O) groups is 2. The number of carboxylic acids is 1. The maximum atomic E-state index is 12.5. The number of likely N-dealkylation sites (tertiary alicyclic amines) is 1. The molecule has 1 aliphatic heterocycles. The Morgan fingerprint density at radius 3 is 2.42 bits per heavy atom. The molecule has 0 atom stereocenters. The number of nitrogens with one attached hydrogen (secondary N) is 1. The van der Waals surface area contributed by atoms with Crippen molar-refractivity contribution in [1.82, 2.24) is 4.90 Å². The van der Waals surface area contributed by atoms with Crippen LogP contribution in [0.4, 0.5) is 5.69 Å². The zero-order valence-corrected chi connectivity index (χ0v) is 15.1. The zero-order valence-electron chi connectivity index (χ0n) is 14.3. The summed E-state index contributed by atoms with van der Waals surface area (Å²) in [6.45, 7) is 2.67. The lowest BCUT2D eigenvalue weighted by Gasteiger charge is -2.31. The number of hydrogen-bond donors (Lipinski definition) is 2. The van der Waals surface area contributed by atoms with Crippen LogP contribution in [0, 0.1) is 5.92 Å². The highest BCUT2D eigenvalue weighted by atomic mass is 35.5. The predicted molar refractivity (Wildman–Crippen MR) is 101 cm³/mol. The van der Waals surface area contributed by atoms with Crippen LogP contribution in [0.3, 0.4) is 0 Å². The summed E-state index contributed by atoms with van der Waals surface area (Å²) in [6, 6.07) is 14.8. The lowest BCUT2D eigenvalue weighted by Crippen LogP contribution is -2.37. The molecule has 2 N–H and O–H groups in total. The van der Waals surface area contributed by atoms with Crippen molar-refractivity contribution in [1.29, 1.82) is 0 Å². The van der Waals surface area contributed by atoms with E-state index in [1.165, 1.54) is 17.7 Å². The van der Waals surface area contributed by atoms with E-state index in [9.17, 15) is 9.59 Å². The van der Waals surface area contributed by atoms with Crippen molar-refractivity contribution in [3.8, 4) is 0 Å². The minimum absolute atomic E-state index is 0.0267. The van der Waals surface area contributed by atoms with Gasteiger partial charge in [-0.2, -0.15) is 0 Å². The fourth-order valence-corrected chi connectivity index (χ4v) is 3.47. The van der Waals surface area contributed by atoms with Crippen LogP contribution in [0.1, 0.15) is 28.8 Å². The Morgan fingerprint density at radius 1 is 1.12 bits per heavy atom. The van der Waals surface area contributed by atoms with Crippen LogP contribution in [0.5, 0.6) is 0 Å². The molecule has 6 heteroatoms. The number of anilines is 1. The van der Waals surface area contributed by atoms with Gasteiger partial charge in [0.2, 0.25) is 5.91 Å². The summed E-state index contributed by atoms with van der Waals surface area (Å²) >= 11 is 5.95. The van der Waals surface area contributed by atoms with Crippen LogP contribution < -0.4 is 5.32 Å². The first-order valence-electron chi connectivity index (χ1n) is 8.63. The summed E-state index contributed by atoms with van der Waals surface area (Å²) in [4.78, 5) is 25.8. The Kier molecular flexibility index (Phi) is 5.91. The second-order valence-corrected chi connectivity index (χ2v) is 6.93. The summed E-state index contributed by atoms with van der Waals surface area (Å²) in [7, 11) is 0. The fraction of sp³-hybridized carbons (Fsp3) is 0.300. The third-order valence-electron chi connectivity index (χ3n) is 4.67. The molecule has 1 aliphatic rings. The van der Waals surface area contributed by atoms with Crippen molar-refractivity contribution in [3.63, 3.8) is 0 Å². The average molecular weight is 373 g/mol. The monoisotopic (exact) mass is 372 g/mol. The molecule has 2 aromatic carbocycles. The maximum Gasteiger partial charge on any atom is 0.337 e. The van der Waals surface area contributed by atoms with Gasteiger partial charge in [0.15, 0.2) is 0 Å². The van der Waals surface area contributed by atoms with Gasteiger partial charge in [0.1, 0.15) is 0 Å². The van der Waals surface area contributed by atoms with E-state index in [-0.39, 0.29) is 22.4 Å². The maximum absolute atomic E-state index is 12.5. The first-order chi connectivity index (χ1) is 12.5. The summed E-state index contributed by atoms with van der Waals surface area (Å²) < 4.78 is 0. The quantitative estimate of drug-likeness (QED) is 0.835. The Hall–Kier alpha value is -2.37. The first kappa shape index (κ1) is 18.4. The van der Waals surface area contributed by atoms with Gasteiger partial charge < -0.3 is 10.4 Å². The van der Waals surface area contributed by atoms with Crippen LogP contribution in [0.25, 0.3) is 0 Å². The van der Waals surface area contributed by atoms with E-state index < -0.39 is 5.97 Å². The van der Waals surface area contributed by atoms with Gasteiger partial charge >= 0.3 is 5.97 Å².